The highest BCUT2D eigenvalue weighted by atomic mass is 127. The molecule has 0 amide bonds. The number of halogens is 2. The van der Waals surface area contributed by atoms with Gasteiger partial charge in [0, 0.05) is 25.2 Å². The summed E-state index contributed by atoms with van der Waals surface area (Å²) in [6, 6.07) is 8.06. The second-order valence-electron chi connectivity index (χ2n) is 4.86. The van der Waals surface area contributed by atoms with Crippen LogP contribution >= 0.6 is 47.3 Å². The van der Waals surface area contributed by atoms with Crippen molar-refractivity contribution in [2.75, 3.05) is 32.1 Å². The molecule has 1 aromatic carbocycles. The fourth-order valence-corrected chi connectivity index (χ4v) is 2.57. The predicted molar refractivity (Wildman–Crippen MR) is 112 cm³/mol. The van der Waals surface area contributed by atoms with Crippen molar-refractivity contribution in [2.24, 2.45) is 4.99 Å². The first-order valence-corrected chi connectivity index (χ1v) is 9.21. The van der Waals surface area contributed by atoms with Gasteiger partial charge in [0.15, 0.2) is 5.96 Å². The molecule has 0 aromatic heterocycles. The maximum Gasteiger partial charge on any atom is 0.190 e. The maximum atomic E-state index is 5.88. The number of rotatable bonds is 9. The molecule has 3 nitrogen and oxygen atoms in total. The summed E-state index contributed by atoms with van der Waals surface area (Å²) in [4.78, 5) is 4.23. The number of aryl methyl sites for hydroxylation is 1. The van der Waals surface area contributed by atoms with Crippen molar-refractivity contribution < 1.29 is 0 Å². The first kappa shape index (κ1) is 21.9. The average Bonchev–Trinajstić information content (AvgIpc) is 2.51. The van der Waals surface area contributed by atoms with Crippen molar-refractivity contribution in [3.05, 3.63) is 34.9 Å². The molecule has 126 valence electrons. The summed E-state index contributed by atoms with van der Waals surface area (Å²) in [6.45, 7) is 1.91. The van der Waals surface area contributed by atoms with Crippen LogP contribution in [0.1, 0.15) is 24.8 Å². The van der Waals surface area contributed by atoms with Gasteiger partial charge in [0.05, 0.1) is 0 Å². The van der Waals surface area contributed by atoms with Crippen molar-refractivity contribution in [2.45, 2.75) is 25.7 Å². The van der Waals surface area contributed by atoms with Crippen LogP contribution in [-0.4, -0.2) is 38.1 Å². The predicted octanol–water partition coefficient (Wildman–Crippen LogP) is 4.20. The number of thioether (sulfide) groups is 1. The second-order valence-corrected chi connectivity index (χ2v) is 6.28. The quantitative estimate of drug-likeness (QED) is 0.254. The minimum Gasteiger partial charge on any atom is -0.356 e. The van der Waals surface area contributed by atoms with Crippen molar-refractivity contribution in [3.63, 3.8) is 0 Å². The van der Waals surface area contributed by atoms with Crippen LogP contribution in [0, 0.1) is 0 Å². The Balaban J connectivity index is 0.00000441. The zero-order valence-electron chi connectivity index (χ0n) is 13.4. The number of unbranched alkanes of at least 4 members (excludes halogenated alkanes) is 1. The molecule has 1 rings (SSSR count). The van der Waals surface area contributed by atoms with E-state index in [0.717, 1.165) is 36.9 Å². The number of aliphatic imine (C=N–C) groups is 1. The van der Waals surface area contributed by atoms with Crippen LogP contribution in [0.2, 0.25) is 5.02 Å². The summed E-state index contributed by atoms with van der Waals surface area (Å²) in [7, 11) is 1.82. The second kappa shape index (κ2) is 14.5. The molecular formula is C16H27ClIN3S. The Labute approximate surface area is 161 Å². The van der Waals surface area contributed by atoms with E-state index in [2.05, 4.69) is 34.0 Å². The molecule has 0 aliphatic heterocycles. The molecule has 0 unspecified atom stereocenters. The van der Waals surface area contributed by atoms with Crippen LogP contribution < -0.4 is 10.6 Å². The molecule has 2 N–H and O–H groups in total. The number of hydrogen-bond acceptors (Lipinski definition) is 2. The van der Waals surface area contributed by atoms with Gasteiger partial charge in [-0.2, -0.15) is 11.8 Å². The highest BCUT2D eigenvalue weighted by Crippen LogP contribution is 2.10. The van der Waals surface area contributed by atoms with Crippen LogP contribution in [0.5, 0.6) is 0 Å². The number of nitrogens with zero attached hydrogens (tertiary/aromatic N) is 1. The molecule has 0 aliphatic rings. The van der Waals surface area contributed by atoms with Gasteiger partial charge in [0.2, 0.25) is 0 Å². The topological polar surface area (TPSA) is 36.4 Å². The zero-order chi connectivity index (χ0) is 15.3. The third kappa shape index (κ3) is 10.6. The molecule has 0 saturated carbocycles. The number of nitrogens with one attached hydrogen (secondary N) is 2. The first-order chi connectivity index (χ1) is 10.3. The lowest BCUT2D eigenvalue weighted by Crippen LogP contribution is -2.38. The number of hydrogen-bond donors (Lipinski definition) is 2. The van der Waals surface area contributed by atoms with Crippen LogP contribution in [0.15, 0.2) is 29.3 Å². The van der Waals surface area contributed by atoms with E-state index in [1.807, 2.05) is 30.9 Å². The molecular weight excluding hydrogens is 429 g/mol. The summed E-state index contributed by atoms with van der Waals surface area (Å²) >= 11 is 7.78. The summed E-state index contributed by atoms with van der Waals surface area (Å²) < 4.78 is 0. The average molecular weight is 456 g/mol. The van der Waals surface area contributed by atoms with Gasteiger partial charge in [0.25, 0.3) is 0 Å². The molecule has 0 atom stereocenters. The fraction of sp³-hybridized carbons (Fsp3) is 0.562. The van der Waals surface area contributed by atoms with Crippen molar-refractivity contribution in [3.8, 4) is 0 Å². The van der Waals surface area contributed by atoms with Crippen LogP contribution in [0.25, 0.3) is 0 Å². The summed E-state index contributed by atoms with van der Waals surface area (Å²) in [5, 5.41) is 7.49. The van der Waals surface area contributed by atoms with Gasteiger partial charge in [-0.3, -0.25) is 4.99 Å². The van der Waals surface area contributed by atoms with E-state index < -0.39 is 0 Å². The smallest absolute Gasteiger partial charge is 0.190 e. The van der Waals surface area contributed by atoms with Gasteiger partial charge < -0.3 is 10.6 Å². The lowest BCUT2D eigenvalue weighted by atomic mass is 10.1. The van der Waals surface area contributed by atoms with Gasteiger partial charge >= 0.3 is 0 Å². The largest absolute Gasteiger partial charge is 0.356 e. The van der Waals surface area contributed by atoms with Gasteiger partial charge in [-0.05, 0) is 55.4 Å². The summed E-state index contributed by atoms with van der Waals surface area (Å²) in [6.07, 6.45) is 6.71. The lowest BCUT2D eigenvalue weighted by Gasteiger charge is -2.11. The van der Waals surface area contributed by atoms with E-state index in [1.165, 1.54) is 24.2 Å². The van der Waals surface area contributed by atoms with Gasteiger partial charge in [0.1, 0.15) is 0 Å². The van der Waals surface area contributed by atoms with Gasteiger partial charge in [-0.25, -0.2) is 0 Å². The molecule has 0 fully saturated rings. The molecule has 0 radical (unpaired) electrons. The molecule has 1 aromatic rings. The fourth-order valence-electron chi connectivity index (χ4n) is 1.95. The van der Waals surface area contributed by atoms with Crippen LogP contribution in [0.4, 0.5) is 0 Å². The Bertz CT molecular complexity index is 412. The first-order valence-electron chi connectivity index (χ1n) is 7.44. The van der Waals surface area contributed by atoms with E-state index in [1.54, 1.807) is 0 Å². The Hall–Kier alpha value is -0.140. The maximum absolute atomic E-state index is 5.88. The number of benzene rings is 1. The molecule has 0 saturated heterocycles. The van der Waals surface area contributed by atoms with Crippen molar-refractivity contribution in [1.29, 1.82) is 0 Å². The summed E-state index contributed by atoms with van der Waals surface area (Å²) in [5.41, 5.74) is 1.32. The minimum atomic E-state index is 0. The molecule has 22 heavy (non-hydrogen) atoms. The van der Waals surface area contributed by atoms with E-state index >= 15 is 0 Å². The highest BCUT2D eigenvalue weighted by molar-refractivity contribution is 14.0. The third-order valence-corrected chi connectivity index (χ3v) is 4.09. The normalized spacial score (nSPS) is 11.0. The molecule has 0 spiro atoms. The monoisotopic (exact) mass is 455 g/mol. The Kier molecular flexibility index (Phi) is 14.4. The third-order valence-electron chi connectivity index (χ3n) is 3.14. The van der Waals surface area contributed by atoms with Crippen molar-refractivity contribution >= 4 is 53.3 Å². The van der Waals surface area contributed by atoms with Crippen LogP contribution in [0.3, 0.4) is 0 Å². The molecule has 0 aliphatic carbocycles. The van der Waals surface area contributed by atoms with Crippen molar-refractivity contribution in [1.82, 2.24) is 10.6 Å². The van der Waals surface area contributed by atoms with E-state index in [0.29, 0.717) is 0 Å². The van der Waals surface area contributed by atoms with Gasteiger partial charge in [-0.1, -0.05) is 23.7 Å². The van der Waals surface area contributed by atoms with E-state index in [-0.39, 0.29) is 24.0 Å². The number of guanidine groups is 1. The lowest BCUT2D eigenvalue weighted by molar-refractivity contribution is 0.713. The molecule has 0 bridgehead atoms. The highest BCUT2D eigenvalue weighted by Gasteiger charge is 1.98. The standard InChI is InChI=1S/C16H26ClN3S.HI/c1-18-16(19-11-3-4-13-21-2)20-12-5-6-14-7-9-15(17)10-8-14;/h7-10H,3-6,11-13H2,1-2H3,(H2,18,19,20);1H. The van der Waals surface area contributed by atoms with Gasteiger partial charge in [-0.15, -0.1) is 24.0 Å². The molecule has 0 heterocycles. The Morgan fingerprint density at radius 2 is 1.73 bits per heavy atom. The minimum absolute atomic E-state index is 0. The SMILES string of the molecule is CN=C(NCCCCSC)NCCCc1ccc(Cl)cc1.I. The Morgan fingerprint density at radius 3 is 2.32 bits per heavy atom. The van der Waals surface area contributed by atoms with E-state index in [9.17, 15) is 0 Å². The Morgan fingerprint density at radius 1 is 1.09 bits per heavy atom. The van der Waals surface area contributed by atoms with Crippen LogP contribution in [-0.2, 0) is 6.42 Å². The summed E-state index contributed by atoms with van der Waals surface area (Å²) in [5.74, 6) is 2.13. The molecule has 6 heteroatoms. The van der Waals surface area contributed by atoms with E-state index in [4.69, 9.17) is 11.6 Å². The zero-order valence-corrected chi connectivity index (χ0v) is 17.3.